The first kappa shape index (κ1) is 22.0. The quantitative estimate of drug-likeness (QED) is 0.664. The van der Waals surface area contributed by atoms with Crippen molar-refractivity contribution in [1.29, 1.82) is 0 Å². The van der Waals surface area contributed by atoms with E-state index in [-0.39, 0.29) is 16.7 Å². The first-order valence-corrected chi connectivity index (χ1v) is 11.1. The predicted molar refractivity (Wildman–Crippen MR) is 119 cm³/mol. The van der Waals surface area contributed by atoms with Gasteiger partial charge in [-0.3, -0.25) is 19.4 Å². The molecule has 4 rings (SSSR count). The van der Waals surface area contributed by atoms with Gasteiger partial charge in [0.2, 0.25) is 5.91 Å². The van der Waals surface area contributed by atoms with Crippen LogP contribution < -0.4 is 5.32 Å². The number of carbonyl (C=O) groups is 2. The van der Waals surface area contributed by atoms with E-state index in [4.69, 9.17) is 11.6 Å². The average molecular weight is 447 g/mol. The van der Waals surface area contributed by atoms with Crippen molar-refractivity contribution in [2.75, 3.05) is 39.3 Å². The zero-order chi connectivity index (χ0) is 22.1. The van der Waals surface area contributed by atoms with Gasteiger partial charge in [-0.15, -0.1) is 0 Å². The Morgan fingerprint density at radius 2 is 1.71 bits per heavy atom. The number of halogens is 2. The molecule has 0 atom stereocenters. The Morgan fingerprint density at radius 1 is 1.06 bits per heavy atom. The number of Topliss-reactive ketones (excluding diaryl/α,β-unsaturated/α-hetero) is 1. The monoisotopic (exact) mass is 446 g/mol. The van der Waals surface area contributed by atoms with Crippen molar-refractivity contribution in [2.24, 2.45) is 0 Å². The largest absolute Gasteiger partial charge is 0.352 e. The van der Waals surface area contributed by atoms with Crippen LogP contribution in [0, 0.1) is 19.7 Å². The minimum atomic E-state index is -0.464. The van der Waals surface area contributed by atoms with Crippen LogP contribution in [0.25, 0.3) is 5.69 Å². The van der Waals surface area contributed by atoms with Gasteiger partial charge in [0.25, 0.3) is 0 Å². The van der Waals surface area contributed by atoms with Crippen molar-refractivity contribution in [1.82, 2.24) is 19.7 Å². The summed E-state index contributed by atoms with van der Waals surface area (Å²) < 4.78 is 15.5. The van der Waals surface area contributed by atoms with Gasteiger partial charge in [-0.05, 0) is 51.0 Å². The molecule has 6 nitrogen and oxygen atoms in total. The van der Waals surface area contributed by atoms with Crippen molar-refractivity contribution in [3.63, 3.8) is 0 Å². The molecule has 8 heteroatoms. The second-order valence-corrected chi connectivity index (χ2v) is 8.94. The van der Waals surface area contributed by atoms with Crippen LogP contribution in [0.5, 0.6) is 0 Å². The van der Waals surface area contributed by atoms with E-state index in [9.17, 15) is 14.0 Å². The van der Waals surface area contributed by atoms with Gasteiger partial charge in [-0.1, -0.05) is 11.6 Å². The highest BCUT2D eigenvalue weighted by Gasteiger charge is 2.26. The molecule has 31 heavy (non-hydrogen) atoms. The highest BCUT2D eigenvalue weighted by atomic mass is 35.5. The number of hydrogen-bond acceptors (Lipinski definition) is 4. The van der Waals surface area contributed by atoms with Crippen LogP contribution in [-0.4, -0.2) is 71.4 Å². The van der Waals surface area contributed by atoms with E-state index >= 15 is 0 Å². The van der Waals surface area contributed by atoms with Gasteiger partial charge < -0.3 is 9.88 Å². The van der Waals surface area contributed by atoms with E-state index in [1.807, 2.05) is 24.5 Å². The summed E-state index contributed by atoms with van der Waals surface area (Å²) in [6, 6.07) is 6.84. The molecule has 1 aliphatic carbocycles. The topological polar surface area (TPSA) is 57.6 Å². The van der Waals surface area contributed by atoms with Crippen LogP contribution in [0.3, 0.4) is 0 Å². The van der Waals surface area contributed by atoms with Crippen molar-refractivity contribution < 1.29 is 14.0 Å². The van der Waals surface area contributed by atoms with Crippen molar-refractivity contribution >= 4 is 23.3 Å². The summed E-state index contributed by atoms with van der Waals surface area (Å²) in [5.74, 6) is -0.304. The number of amides is 1. The minimum absolute atomic E-state index is 0.0570. The Balaban J connectivity index is 1.36. The summed E-state index contributed by atoms with van der Waals surface area (Å²) in [6.07, 6.45) is 2.19. The average Bonchev–Trinajstić information content (AvgIpc) is 3.48. The highest BCUT2D eigenvalue weighted by molar-refractivity contribution is 6.30. The smallest absolute Gasteiger partial charge is 0.234 e. The normalized spacial score (nSPS) is 17.7. The summed E-state index contributed by atoms with van der Waals surface area (Å²) in [7, 11) is 0. The van der Waals surface area contributed by atoms with Crippen molar-refractivity contribution in [3.05, 3.63) is 52.1 Å². The zero-order valence-corrected chi connectivity index (χ0v) is 18.7. The summed E-state index contributed by atoms with van der Waals surface area (Å²) >= 11 is 5.95. The summed E-state index contributed by atoms with van der Waals surface area (Å²) in [5.41, 5.74) is 3.12. The third-order valence-electron chi connectivity index (χ3n) is 6.03. The van der Waals surface area contributed by atoms with Crippen LogP contribution in [0.4, 0.5) is 4.39 Å². The van der Waals surface area contributed by atoms with Gasteiger partial charge in [0.1, 0.15) is 5.82 Å². The molecule has 0 unspecified atom stereocenters. The third-order valence-corrected chi connectivity index (χ3v) is 6.32. The lowest BCUT2D eigenvalue weighted by Crippen LogP contribution is -2.50. The third kappa shape index (κ3) is 5.17. The number of piperazine rings is 1. The Hall–Kier alpha value is -2.22. The van der Waals surface area contributed by atoms with Crippen molar-refractivity contribution in [3.8, 4) is 5.69 Å². The molecule has 1 N–H and O–H groups in total. The van der Waals surface area contributed by atoms with Gasteiger partial charge in [0.15, 0.2) is 5.78 Å². The molecule has 0 spiro atoms. The van der Waals surface area contributed by atoms with Crippen LogP contribution in [0.15, 0.2) is 24.3 Å². The van der Waals surface area contributed by atoms with Crippen molar-refractivity contribution in [2.45, 2.75) is 32.7 Å². The SMILES string of the molecule is Cc1cc(C(=O)CN2CCN(CC(=O)NC3CC3)CC2)c(C)n1-c1ccc(F)c(Cl)c1. The first-order valence-electron chi connectivity index (χ1n) is 10.7. The maximum Gasteiger partial charge on any atom is 0.234 e. The Morgan fingerprint density at radius 3 is 2.32 bits per heavy atom. The number of nitrogens with one attached hydrogen (secondary N) is 1. The minimum Gasteiger partial charge on any atom is -0.352 e. The lowest BCUT2D eigenvalue weighted by atomic mass is 10.1. The lowest BCUT2D eigenvalue weighted by molar-refractivity contribution is -0.122. The molecule has 1 saturated heterocycles. The van der Waals surface area contributed by atoms with Gasteiger partial charge in [-0.2, -0.15) is 0 Å². The molecule has 0 bridgehead atoms. The van der Waals surface area contributed by atoms with Gasteiger partial charge in [-0.25, -0.2) is 4.39 Å². The van der Waals surface area contributed by atoms with Gasteiger partial charge in [0, 0.05) is 54.9 Å². The molecule has 1 saturated carbocycles. The first-order chi connectivity index (χ1) is 14.8. The van der Waals surface area contributed by atoms with E-state index < -0.39 is 5.82 Å². The summed E-state index contributed by atoms with van der Waals surface area (Å²) in [5, 5.41) is 3.08. The molecule has 2 aliphatic rings. The van der Waals surface area contributed by atoms with Crippen LogP contribution >= 0.6 is 11.6 Å². The zero-order valence-electron chi connectivity index (χ0n) is 18.0. The number of nitrogens with zero attached hydrogens (tertiary/aromatic N) is 3. The van der Waals surface area contributed by atoms with Crippen LogP contribution in [0.2, 0.25) is 5.02 Å². The molecule has 1 aliphatic heterocycles. The van der Waals surface area contributed by atoms with E-state index in [1.165, 1.54) is 6.07 Å². The van der Waals surface area contributed by atoms with Crippen LogP contribution in [0.1, 0.15) is 34.6 Å². The van der Waals surface area contributed by atoms with Crippen LogP contribution in [-0.2, 0) is 4.79 Å². The molecule has 2 fully saturated rings. The molecule has 166 valence electrons. The number of ketones is 1. The van der Waals surface area contributed by atoms with E-state index in [1.54, 1.807) is 12.1 Å². The predicted octanol–water partition coefficient (Wildman–Crippen LogP) is 2.97. The maximum absolute atomic E-state index is 13.5. The summed E-state index contributed by atoms with van der Waals surface area (Å²) in [4.78, 5) is 29.3. The number of aromatic nitrogens is 1. The fourth-order valence-electron chi connectivity index (χ4n) is 4.16. The molecular formula is C23H28ClFN4O2. The Bertz CT molecular complexity index is 994. The summed E-state index contributed by atoms with van der Waals surface area (Å²) in [6.45, 7) is 7.66. The lowest BCUT2D eigenvalue weighted by Gasteiger charge is -2.33. The van der Waals surface area contributed by atoms with Gasteiger partial charge in [0.05, 0.1) is 18.1 Å². The number of hydrogen-bond donors (Lipinski definition) is 1. The second kappa shape index (κ2) is 9.10. The Labute approximate surface area is 187 Å². The molecule has 2 heterocycles. The number of aryl methyl sites for hydroxylation is 1. The van der Waals surface area contributed by atoms with E-state index in [2.05, 4.69) is 15.1 Å². The maximum atomic E-state index is 13.5. The van der Waals surface area contributed by atoms with Gasteiger partial charge >= 0.3 is 0 Å². The second-order valence-electron chi connectivity index (χ2n) is 8.54. The fourth-order valence-corrected chi connectivity index (χ4v) is 4.34. The molecule has 1 amide bonds. The Kier molecular flexibility index (Phi) is 6.46. The van der Waals surface area contributed by atoms with E-state index in [0.717, 1.165) is 56.1 Å². The van der Waals surface area contributed by atoms with E-state index in [0.29, 0.717) is 24.7 Å². The molecule has 0 radical (unpaired) electrons. The standard InChI is InChI=1S/C23H28ClFN4O2/c1-15-11-19(16(2)29(15)18-5-6-21(25)20(24)12-18)22(30)13-27-7-9-28(10-8-27)14-23(31)26-17-3-4-17/h5-6,11-12,17H,3-4,7-10,13-14H2,1-2H3,(H,26,31). The molecule has 1 aromatic heterocycles. The fraction of sp³-hybridized carbons (Fsp3) is 0.478. The number of benzene rings is 1. The molecule has 2 aromatic rings. The number of rotatable bonds is 7. The molecular weight excluding hydrogens is 419 g/mol. The molecule has 1 aromatic carbocycles. The number of carbonyl (C=O) groups excluding carboxylic acids is 2. The highest BCUT2D eigenvalue weighted by Crippen LogP contribution is 2.25.